The van der Waals surface area contributed by atoms with Gasteiger partial charge in [-0.2, -0.15) is 0 Å². The van der Waals surface area contributed by atoms with Crippen molar-refractivity contribution in [3.8, 4) is 17.0 Å². The van der Waals surface area contributed by atoms with Crippen LogP contribution in [0, 0.1) is 19.7 Å². The lowest BCUT2D eigenvalue weighted by Gasteiger charge is -2.09. The molecular weight excluding hydrogens is 247 g/mol. The van der Waals surface area contributed by atoms with Crippen molar-refractivity contribution in [1.82, 2.24) is 9.97 Å². The lowest BCUT2D eigenvalue weighted by atomic mass is 10.1. The normalized spacial score (nSPS) is 10.5. The minimum absolute atomic E-state index is 0.189. The Morgan fingerprint density at radius 3 is 2.47 bits per heavy atom. The standard InChI is InChI=1S/C14H13FN2O2/c1-7-13(9(3)18)17-14(8(2)16-7)10-4-5-12(19)11(15)6-10/h4-6,19H,1-3H3. The third-order valence-corrected chi connectivity index (χ3v) is 2.80. The molecule has 0 atom stereocenters. The molecule has 98 valence electrons. The number of rotatable bonds is 2. The van der Waals surface area contributed by atoms with Gasteiger partial charge >= 0.3 is 0 Å². The number of carbonyl (C=O) groups excluding carboxylic acids is 1. The van der Waals surface area contributed by atoms with E-state index < -0.39 is 11.6 Å². The molecule has 0 saturated heterocycles. The van der Waals surface area contributed by atoms with E-state index in [9.17, 15) is 14.3 Å². The fourth-order valence-corrected chi connectivity index (χ4v) is 1.89. The van der Waals surface area contributed by atoms with Gasteiger partial charge < -0.3 is 5.11 Å². The summed E-state index contributed by atoms with van der Waals surface area (Å²) in [7, 11) is 0. The molecule has 2 aromatic rings. The number of aromatic hydroxyl groups is 1. The zero-order chi connectivity index (χ0) is 14.2. The molecule has 1 N–H and O–H groups in total. The molecule has 4 nitrogen and oxygen atoms in total. The van der Waals surface area contributed by atoms with E-state index in [1.807, 2.05) is 0 Å². The van der Waals surface area contributed by atoms with Crippen molar-refractivity contribution < 1.29 is 14.3 Å². The largest absolute Gasteiger partial charge is 0.505 e. The number of aromatic nitrogens is 2. The molecule has 0 aliphatic heterocycles. The first-order valence-corrected chi connectivity index (χ1v) is 5.75. The molecule has 0 amide bonds. The number of nitrogens with zero attached hydrogens (tertiary/aromatic N) is 2. The third kappa shape index (κ3) is 2.45. The van der Waals surface area contributed by atoms with Gasteiger partial charge in [-0.05, 0) is 32.0 Å². The van der Waals surface area contributed by atoms with Crippen molar-refractivity contribution in [2.75, 3.05) is 0 Å². The number of hydrogen-bond acceptors (Lipinski definition) is 4. The number of ketones is 1. The van der Waals surface area contributed by atoms with Gasteiger partial charge in [0.15, 0.2) is 17.3 Å². The lowest BCUT2D eigenvalue weighted by Crippen LogP contribution is -2.06. The highest BCUT2D eigenvalue weighted by molar-refractivity contribution is 5.93. The summed E-state index contributed by atoms with van der Waals surface area (Å²) >= 11 is 0. The number of phenolic OH excluding ortho intramolecular Hbond substituents is 1. The summed E-state index contributed by atoms with van der Waals surface area (Å²) in [5, 5.41) is 9.18. The van der Waals surface area contributed by atoms with Crippen molar-refractivity contribution in [3.05, 3.63) is 41.1 Å². The first kappa shape index (κ1) is 13.1. The van der Waals surface area contributed by atoms with Crippen molar-refractivity contribution >= 4 is 5.78 Å². The van der Waals surface area contributed by atoms with Crippen molar-refractivity contribution in [2.24, 2.45) is 0 Å². The minimum Gasteiger partial charge on any atom is -0.505 e. The highest BCUT2D eigenvalue weighted by atomic mass is 19.1. The smallest absolute Gasteiger partial charge is 0.179 e. The van der Waals surface area contributed by atoms with Gasteiger partial charge in [-0.25, -0.2) is 9.37 Å². The van der Waals surface area contributed by atoms with Gasteiger partial charge in [0.25, 0.3) is 0 Å². The Hall–Kier alpha value is -2.30. The number of halogens is 1. The first-order chi connectivity index (χ1) is 8.90. The monoisotopic (exact) mass is 260 g/mol. The molecular formula is C14H13FN2O2. The van der Waals surface area contributed by atoms with Crippen LogP contribution in [0.2, 0.25) is 0 Å². The highest BCUT2D eigenvalue weighted by Crippen LogP contribution is 2.26. The Morgan fingerprint density at radius 2 is 1.89 bits per heavy atom. The molecule has 0 unspecified atom stereocenters. The third-order valence-electron chi connectivity index (χ3n) is 2.80. The van der Waals surface area contributed by atoms with Crippen LogP contribution in [0.4, 0.5) is 4.39 Å². The summed E-state index contributed by atoms with van der Waals surface area (Å²) in [5.41, 5.74) is 2.34. The van der Waals surface area contributed by atoms with Crippen LogP contribution in [0.3, 0.4) is 0 Å². The molecule has 0 aliphatic rings. The molecule has 0 radical (unpaired) electrons. The van der Waals surface area contributed by atoms with E-state index in [1.165, 1.54) is 25.1 Å². The van der Waals surface area contributed by atoms with E-state index in [0.29, 0.717) is 22.6 Å². The Balaban J connectivity index is 2.64. The van der Waals surface area contributed by atoms with Crippen LogP contribution in [0.1, 0.15) is 28.8 Å². The topological polar surface area (TPSA) is 63.1 Å². The molecule has 19 heavy (non-hydrogen) atoms. The molecule has 1 aromatic heterocycles. The number of hydrogen-bond donors (Lipinski definition) is 1. The second-order valence-corrected chi connectivity index (χ2v) is 4.31. The zero-order valence-electron chi connectivity index (χ0n) is 10.9. The number of aryl methyl sites for hydroxylation is 2. The number of Topliss-reactive ketones (excluding diaryl/α,β-unsaturated/α-hetero) is 1. The van der Waals surface area contributed by atoms with Crippen LogP contribution >= 0.6 is 0 Å². The quantitative estimate of drug-likeness (QED) is 0.843. The van der Waals surface area contributed by atoms with Crippen LogP contribution in [-0.4, -0.2) is 20.9 Å². The maximum absolute atomic E-state index is 13.4. The Bertz CT molecular complexity index is 669. The Morgan fingerprint density at radius 1 is 1.21 bits per heavy atom. The van der Waals surface area contributed by atoms with Gasteiger partial charge in [0.05, 0.1) is 17.1 Å². The molecule has 1 aromatic carbocycles. The van der Waals surface area contributed by atoms with Crippen molar-refractivity contribution in [1.29, 1.82) is 0 Å². The van der Waals surface area contributed by atoms with Crippen LogP contribution < -0.4 is 0 Å². The molecule has 0 aliphatic carbocycles. The minimum atomic E-state index is -0.733. The average Bonchev–Trinajstić information content (AvgIpc) is 2.32. The maximum Gasteiger partial charge on any atom is 0.179 e. The number of benzene rings is 1. The zero-order valence-corrected chi connectivity index (χ0v) is 10.9. The maximum atomic E-state index is 13.4. The summed E-state index contributed by atoms with van der Waals surface area (Å²) in [5.74, 6) is -1.34. The molecule has 1 heterocycles. The number of phenols is 1. The summed E-state index contributed by atoms with van der Waals surface area (Å²) in [6, 6.07) is 3.96. The molecule has 0 fully saturated rings. The van der Waals surface area contributed by atoms with E-state index >= 15 is 0 Å². The van der Waals surface area contributed by atoms with E-state index in [1.54, 1.807) is 13.8 Å². The lowest BCUT2D eigenvalue weighted by molar-refractivity contribution is 0.101. The van der Waals surface area contributed by atoms with Crippen molar-refractivity contribution in [3.63, 3.8) is 0 Å². The van der Waals surface area contributed by atoms with Gasteiger partial charge in [-0.1, -0.05) is 0 Å². The fourth-order valence-electron chi connectivity index (χ4n) is 1.89. The van der Waals surface area contributed by atoms with E-state index in [4.69, 9.17) is 0 Å². The second-order valence-electron chi connectivity index (χ2n) is 4.31. The van der Waals surface area contributed by atoms with Crippen LogP contribution in [0.25, 0.3) is 11.3 Å². The predicted molar refractivity (Wildman–Crippen MR) is 68.6 cm³/mol. The summed E-state index contributed by atoms with van der Waals surface area (Å²) in [6.45, 7) is 4.86. The summed E-state index contributed by atoms with van der Waals surface area (Å²) in [4.78, 5) is 20.0. The molecule has 0 bridgehead atoms. The predicted octanol–water partition coefficient (Wildman–Crippen LogP) is 2.81. The van der Waals surface area contributed by atoms with E-state index in [-0.39, 0.29) is 11.5 Å². The SMILES string of the molecule is CC(=O)c1nc(-c2ccc(O)c(F)c2)c(C)nc1C. The molecule has 5 heteroatoms. The van der Waals surface area contributed by atoms with Gasteiger partial charge in [-0.3, -0.25) is 9.78 Å². The number of carbonyl (C=O) groups is 1. The highest BCUT2D eigenvalue weighted by Gasteiger charge is 2.14. The van der Waals surface area contributed by atoms with Gasteiger partial charge in [0, 0.05) is 12.5 Å². The molecule has 0 spiro atoms. The Kier molecular flexibility index (Phi) is 3.29. The van der Waals surface area contributed by atoms with Crippen LogP contribution in [-0.2, 0) is 0 Å². The summed E-state index contributed by atoms with van der Waals surface area (Å²) in [6.07, 6.45) is 0. The van der Waals surface area contributed by atoms with Gasteiger partial charge in [0.2, 0.25) is 0 Å². The van der Waals surface area contributed by atoms with E-state index in [0.717, 1.165) is 0 Å². The molecule has 2 rings (SSSR count). The fraction of sp³-hybridized carbons (Fsp3) is 0.214. The second kappa shape index (κ2) is 4.76. The van der Waals surface area contributed by atoms with Crippen LogP contribution in [0.15, 0.2) is 18.2 Å². The van der Waals surface area contributed by atoms with Crippen LogP contribution in [0.5, 0.6) is 5.75 Å². The average molecular weight is 260 g/mol. The van der Waals surface area contributed by atoms with Gasteiger partial charge in [-0.15, -0.1) is 0 Å². The summed E-state index contributed by atoms with van der Waals surface area (Å²) < 4.78 is 13.4. The molecule has 0 saturated carbocycles. The first-order valence-electron chi connectivity index (χ1n) is 5.75. The van der Waals surface area contributed by atoms with E-state index in [2.05, 4.69) is 9.97 Å². The Labute approximate surface area is 110 Å². The van der Waals surface area contributed by atoms with Gasteiger partial charge in [0.1, 0.15) is 5.69 Å². The van der Waals surface area contributed by atoms with Crippen molar-refractivity contribution in [2.45, 2.75) is 20.8 Å².